The number of hydrogen-bond donors (Lipinski definition) is 1. The molecule has 106 valence electrons. The first-order valence-corrected chi connectivity index (χ1v) is 8.56. The Morgan fingerprint density at radius 3 is 2.47 bits per heavy atom. The van der Waals surface area contributed by atoms with Crippen LogP contribution in [0.4, 0.5) is 0 Å². The van der Waals surface area contributed by atoms with Gasteiger partial charge < -0.3 is 5.32 Å². The number of aryl methyl sites for hydroxylation is 2. The Morgan fingerprint density at radius 1 is 1.21 bits per heavy atom. The number of benzene rings is 1. The van der Waals surface area contributed by atoms with E-state index in [4.69, 9.17) is 0 Å². The molecule has 0 saturated carbocycles. The van der Waals surface area contributed by atoms with Gasteiger partial charge in [0.25, 0.3) is 0 Å². The maximum Gasteiger partial charge on any atom is 0.183 e. The standard InChI is InChI=1S/C15H23NO2S/c1-5-7-13-14(16-6-2)12-9-10(3)8-11(4)15(12)19(13,17)18/h8-9,13-14,16H,5-7H2,1-4H3. The number of rotatable bonds is 4. The second-order valence-electron chi connectivity index (χ2n) is 5.41. The highest BCUT2D eigenvalue weighted by Gasteiger charge is 2.44. The summed E-state index contributed by atoms with van der Waals surface area (Å²) in [5, 5.41) is 3.05. The maximum absolute atomic E-state index is 12.8. The number of hydrogen-bond acceptors (Lipinski definition) is 3. The van der Waals surface area contributed by atoms with Crippen LogP contribution in [-0.4, -0.2) is 20.2 Å². The lowest BCUT2D eigenvalue weighted by atomic mass is 9.97. The molecule has 1 aromatic rings. The molecule has 0 spiro atoms. The molecule has 1 heterocycles. The van der Waals surface area contributed by atoms with E-state index in [0.29, 0.717) is 11.3 Å². The van der Waals surface area contributed by atoms with Crippen molar-refractivity contribution in [3.8, 4) is 0 Å². The van der Waals surface area contributed by atoms with Crippen LogP contribution >= 0.6 is 0 Å². The van der Waals surface area contributed by atoms with Gasteiger partial charge in [-0.3, -0.25) is 0 Å². The normalized spacial score (nSPS) is 24.4. The molecule has 0 radical (unpaired) electrons. The zero-order valence-corrected chi connectivity index (χ0v) is 13.0. The summed E-state index contributed by atoms with van der Waals surface area (Å²) in [4.78, 5) is 0.572. The van der Waals surface area contributed by atoms with Crippen LogP contribution in [0.2, 0.25) is 0 Å². The molecule has 0 amide bonds. The van der Waals surface area contributed by atoms with Crippen molar-refractivity contribution in [3.63, 3.8) is 0 Å². The fraction of sp³-hybridized carbons (Fsp3) is 0.600. The molecule has 1 aliphatic rings. The molecule has 1 N–H and O–H groups in total. The molecule has 2 rings (SSSR count). The second kappa shape index (κ2) is 5.25. The van der Waals surface area contributed by atoms with Crippen LogP contribution in [-0.2, 0) is 9.84 Å². The predicted octanol–water partition coefficient (Wildman–Crippen LogP) is 2.91. The van der Waals surface area contributed by atoms with Crippen molar-refractivity contribution < 1.29 is 8.42 Å². The third kappa shape index (κ3) is 2.32. The van der Waals surface area contributed by atoms with Crippen molar-refractivity contribution in [3.05, 3.63) is 28.8 Å². The fourth-order valence-corrected chi connectivity index (χ4v) is 5.68. The van der Waals surface area contributed by atoms with E-state index in [1.807, 2.05) is 39.8 Å². The molecular formula is C15H23NO2S. The summed E-state index contributed by atoms with van der Waals surface area (Å²) < 4.78 is 25.5. The minimum atomic E-state index is -3.19. The molecule has 4 heteroatoms. The molecule has 1 aromatic carbocycles. The van der Waals surface area contributed by atoms with Gasteiger partial charge in [-0.1, -0.05) is 38.0 Å². The van der Waals surface area contributed by atoms with Gasteiger partial charge in [-0.15, -0.1) is 0 Å². The van der Waals surface area contributed by atoms with Crippen molar-refractivity contribution in [2.24, 2.45) is 0 Å². The average molecular weight is 281 g/mol. The summed E-state index contributed by atoms with van der Waals surface area (Å²) in [5.74, 6) is 0. The van der Waals surface area contributed by atoms with E-state index in [1.165, 1.54) is 0 Å². The van der Waals surface area contributed by atoms with E-state index in [2.05, 4.69) is 5.32 Å². The first kappa shape index (κ1) is 14.5. The van der Waals surface area contributed by atoms with Crippen molar-refractivity contribution in [2.75, 3.05) is 6.54 Å². The highest BCUT2D eigenvalue weighted by Crippen LogP contribution is 2.43. The van der Waals surface area contributed by atoms with Crippen LogP contribution in [0.1, 0.15) is 49.4 Å². The zero-order valence-electron chi connectivity index (χ0n) is 12.2. The Bertz CT molecular complexity index is 578. The number of nitrogens with one attached hydrogen (secondary N) is 1. The largest absolute Gasteiger partial charge is 0.309 e. The van der Waals surface area contributed by atoms with Gasteiger partial charge in [0.1, 0.15) is 0 Å². The Kier molecular flexibility index (Phi) is 4.02. The molecule has 0 saturated heterocycles. The summed E-state index contributed by atoms with van der Waals surface area (Å²) in [6.45, 7) is 8.78. The number of sulfone groups is 1. The van der Waals surface area contributed by atoms with Gasteiger partial charge in [0.2, 0.25) is 0 Å². The average Bonchev–Trinajstić information content (AvgIpc) is 2.50. The minimum Gasteiger partial charge on any atom is -0.309 e. The lowest BCUT2D eigenvalue weighted by Crippen LogP contribution is -2.31. The first-order valence-electron chi connectivity index (χ1n) is 7.01. The third-order valence-corrected chi connectivity index (χ3v) is 6.27. The van der Waals surface area contributed by atoms with Crippen LogP contribution in [0.5, 0.6) is 0 Å². The van der Waals surface area contributed by atoms with Crippen molar-refractivity contribution >= 4 is 9.84 Å². The summed E-state index contributed by atoms with van der Waals surface area (Å²) in [7, 11) is -3.19. The summed E-state index contributed by atoms with van der Waals surface area (Å²) in [6, 6.07) is 3.94. The Hall–Kier alpha value is -0.870. The summed E-state index contributed by atoms with van der Waals surface area (Å²) in [5.41, 5.74) is 2.99. The van der Waals surface area contributed by atoms with E-state index >= 15 is 0 Å². The van der Waals surface area contributed by atoms with E-state index in [9.17, 15) is 8.42 Å². The Labute approximate surface area is 116 Å². The van der Waals surface area contributed by atoms with E-state index in [-0.39, 0.29) is 11.3 Å². The van der Waals surface area contributed by atoms with Gasteiger partial charge in [0.05, 0.1) is 16.2 Å². The Morgan fingerprint density at radius 2 is 1.89 bits per heavy atom. The molecule has 2 atom stereocenters. The maximum atomic E-state index is 12.8. The van der Waals surface area contributed by atoms with E-state index in [0.717, 1.165) is 29.7 Å². The van der Waals surface area contributed by atoms with Crippen LogP contribution in [0.15, 0.2) is 17.0 Å². The molecule has 1 aliphatic heterocycles. The SMILES string of the molecule is CCCC1C(NCC)c2cc(C)cc(C)c2S1(=O)=O. The smallest absolute Gasteiger partial charge is 0.183 e. The van der Waals surface area contributed by atoms with Gasteiger partial charge >= 0.3 is 0 Å². The van der Waals surface area contributed by atoms with Crippen LogP contribution in [0, 0.1) is 13.8 Å². The molecule has 19 heavy (non-hydrogen) atoms. The van der Waals surface area contributed by atoms with Crippen LogP contribution in [0.25, 0.3) is 0 Å². The monoisotopic (exact) mass is 281 g/mol. The number of fused-ring (bicyclic) bond motifs is 1. The van der Waals surface area contributed by atoms with Crippen LogP contribution < -0.4 is 5.32 Å². The minimum absolute atomic E-state index is 0.0523. The fourth-order valence-electron chi connectivity index (χ4n) is 3.21. The third-order valence-electron chi connectivity index (χ3n) is 3.83. The lowest BCUT2D eigenvalue weighted by molar-refractivity contribution is 0.492. The van der Waals surface area contributed by atoms with Gasteiger partial charge in [-0.2, -0.15) is 0 Å². The molecule has 0 fully saturated rings. The van der Waals surface area contributed by atoms with E-state index < -0.39 is 9.84 Å². The summed E-state index contributed by atoms with van der Waals surface area (Å²) >= 11 is 0. The lowest BCUT2D eigenvalue weighted by Gasteiger charge is -2.19. The van der Waals surface area contributed by atoms with Crippen molar-refractivity contribution in [1.29, 1.82) is 0 Å². The predicted molar refractivity (Wildman–Crippen MR) is 78.2 cm³/mol. The highest BCUT2D eigenvalue weighted by atomic mass is 32.2. The van der Waals surface area contributed by atoms with Gasteiger partial charge in [-0.05, 0) is 37.9 Å². The van der Waals surface area contributed by atoms with Crippen molar-refractivity contribution in [1.82, 2.24) is 5.32 Å². The van der Waals surface area contributed by atoms with Crippen LogP contribution in [0.3, 0.4) is 0 Å². The molecule has 0 aliphatic carbocycles. The van der Waals surface area contributed by atoms with Crippen molar-refractivity contribution in [2.45, 2.75) is 56.7 Å². The molecule has 2 unspecified atom stereocenters. The molecule has 0 aromatic heterocycles. The van der Waals surface area contributed by atoms with Gasteiger partial charge in [-0.25, -0.2) is 8.42 Å². The van der Waals surface area contributed by atoms with Gasteiger partial charge in [0.15, 0.2) is 9.84 Å². The highest BCUT2D eigenvalue weighted by molar-refractivity contribution is 7.92. The molecule has 3 nitrogen and oxygen atoms in total. The first-order chi connectivity index (χ1) is 8.93. The Balaban J connectivity index is 2.64. The van der Waals surface area contributed by atoms with Gasteiger partial charge in [0, 0.05) is 0 Å². The topological polar surface area (TPSA) is 46.2 Å². The summed E-state index contributed by atoms with van der Waals surface area (Å²) in [6.07, 6.45) is 1.60. The molecule has 0 bridgehead atoms. The quantitative estimate of drug-likeness (QED) is 0.923. The molecular weight excluding hydrogens is 258 g/mol. The zero-order chi connectivity index (χ0) is 14.2. The van der Waals surface area contributed by atoms with E-state index in [1.54, 1.807) is 0 Å². The second-order valence-corrected chi connectivity index (χ2v) is 7.51.